The lowest BCUT2D eigenvalue weighted by atomic mass is 10.2. The Bertz CT molecular complexity index is 745. The highest BCUT2D eigenvalue weighted by Gasteiger charge is 2.11. The van der Waals surface area contributed by atoms with Gasteiger partial charge in [-0.05, 0) is 34.7 Å². The fraction of sp³-hybridized carbons (Fsp3) is 0.0714. The lowest BCUT2D eigenvalue weighted by Gasteiger charge is -2.09. The Morgan fingerprint density at radius 2 is 2.00 bits per heavy atom. The first-order valence-electron chi connectivity index (χ1n) is 6.22. The van der Waals surface area contributed by atoms with Gasteiger partial charge in [-0.3, -0.25) is 0 Å². The van der Waals surface area contributed by atoms with Crippen molar-refractivity contribution in [2.75, 3.05) is 12.8 Å². The summed E-state index contributed by atoms with van der Waals surface area (Å²) in [7, 11) is 1.62. The first-order chi connectivity index (χ1) is 10.3. The smallest absolute Gasteiger partial charge is 0.180 e. The van der Waals surface area contributed by atoms with E-state index in [1.165, 1.54) is 0 Å². The van der Waals surface area contributed by atoms with Gasteiger partial charge >= 0.3 is 0 Å². The Morgan fingerprint density at radius 1 is 1.14 bits per heavy atom. The molecule has 0 saturated heterocycles. The predicted octanol–water partition coefficient (Wildman–Crippen LogP) is 2.61. The van der Waals surface area contributed by atoms with Crippen LogP contribution in [0.15, 0.2) is 52.3 Å². The van der Waals surface area contributed by atoms with Gasteiger partial charge in [0.05, 0.1) is 7.11 Å². The van der Waals surface area contributed by atoms with Crippen molar-refractivity contribution in [1.29, 1.82) is 0 Å². The number of hydrogen-bond acceptors (Lipinski definition) is 6. The number of benzene rings is 2. The molecule has 0 aliphatic heterocycles. The van der Waals surface area contributed by atoms with Gasteiger partial charge < -0.3 is 10.5 Å². The van der Waals surface area contributed by atoms with Crippen LogP contribution < -0.4 is 10.5 Å². The molecular weight excluding hydrogens is 286 g/mol. The lowest BCUT2D eigenvalue weighted by Crippen LogP contribution is -1.91. The Hall–Kier alpha value is -2.54. The number of methoxy groups -OCH3 is 1. The molecule has 0 bridgehead atoms. The quantitative estimate of drug-likeness (QED) is 0.720. The molecule has 7 heteroatoms. The lowest BCUT2D eigenvalue weighted by molar-refractivity contribution is 0.415. The molecule has 0 atom stereocenters. The fourth-order valence-electron chi connectivity index (χ4n) is 1.89. The van der Waals surface area contributed by atoms with Crippen LogP contribution in [0.5, 0.6) is 5.75 Å². The number of aromatic nitrogens is 4. The van der Waals surface area contributed by atoms with Gasteiger partial charge in [0.15, 0.2) is 5.82 Å². The van der Waals surface area contributed by atoms with Crippen LogP contribution in [0.2, 0.25) is 0 Å². The number of nitrogens with zero attached hydrogens (tertiary/aromatic N) is 3. The van der Waals surface area contributed by atoms with Gasteiger partial charge in [0.2, 0.25) is 0 Å². The van der Waals surface area contributed by atoms with E-state index in [0.29, 0.717) is 11.5 Å². The van der Waals surface area contributed by atoms with Gasteiger partial charge in [-0.1, -0.05) is 23.9 Å². The molecular formula is C14H13N5OS. The number of hydrogen-bond donors (Lipinski definition) is 2. The Labute approximate surface area is 125 Å². The molecule has 2 aromatic carbocycles. The first kappa shape index (κ1) is 13.4. The van der Waals surface area contributed by atoms with E-state index < -0.39 is 0 Å². The highest BCUT2D eigenvalue weighted by molar-refractivity contribution is 7.99. The third-order valence-electron chi connectivity index (χ3n) is 2.92. The number of nitrogens with two attached hydrogens (primary N) is 1. The number of nitrogens with one attached hydrogen (secondary N) is 1. The molecule has 0 radical (unpaired) electrons. The summed E-state index contributed by atoms with van der Waals surface area (Å²) in [6.07, 6.45) is 0. The second-order valence-electron chi connectivity index (χ2n) is 4.25. The number of aromatic amines is 1. The Balaban J connectivity index is 1.96. The summed E-state index contributed by atoms with van der Waals surface area (Å²) in [6, 6.07) is 13.5. The van der Waals surface area contributed by atoms with Crippen LogP contribution in [0.3, 0.4) is 0 Å². The van der Waals surface area contributed by atoms with Crippen LogP contribution in [0.25, 0.3) is 11.4 Å². The van der Waals surface area contributed by atoms with Crippen molar-refractivity contribution >= 4 is 17.4 Å². The van der Waals surface area contributed by atoms with Gasteiger partial charge in [0, 0.05) is 27.1 Å². The van der Waals surface area contributed by atoms with Crippen LogP contribution in [0.4, 0.5) is 5.69 Å². The SMILES string of the molecule is COc1ccc(Sc2ccccc2-c2nnn[nH]2)c(N)c1. The van der Waals surface area contributed by atoms with E-state index in [1.54, 1.807) is 24.9 Å². The minimum atomic E-state index is 0.630. The van der Waals surface area contributed by atoms with E-state index >= 15 is 0 Å². The van der Waals surface area contributed by atoms with Crippen molar-refractivity contribution in [3.05, 3.63) is 42.5 Å². The average Bonchev–Trinajstić information content (AvgIpc) is 3.04. The van der Waals surface area contributed by atoms with Gasteiger partial charge in [-0.25, -0.2) is 5.10 Å². The van der Waals surface area contributed by atoms with E-state index in [1.807, 2.05) is 36.4 Å². The van der Waals surface area contributed by atoms with E-state index in [0.717, 1.165) is 21.1 Å². The number of tetrazole rings is 1. The van der Waals surface area contributed by atoms with Crippen LogP contribution in [-0.4, -0.2) is 27.7 Å². The largest absolute Gasteiger partial charge is 0.497 e. The van der Waals surface area contributed by atoms with Crippen LogP contribution in [-0.2, 0) is 0 Å². The molecule has 1 heterocycles. The molecule has 0 aliphatic carbocycles. The third kappa shape index (κ3) is 2.82. The molecule has 0 fully saturated rings. The maximum Gasteiger partial charge on any atom is 0.180 e. The van der Waals surface area contributed by atoms with Gasteiger partial charge in [0.1, 0.15) is 5.75 Å². The zero-order valence-corrected chi connectivity index (χ0v) is 12.1. The first-order valence-corrected chi connectivity index (χ1v) is 7.04. The Morgan fingerprint density at radius 3 is 2.71 bits per heavy atom. The number of H-pyrrole nitrogens is 1. The summed E-state index contributed by atoms with van der Waals surface area (Å²) in [5.41, 5.74) is 7.67. The molecule has 6 nitrogen and oxygen atoms in total. The summed E-state index contributed by atoms with van der Waals surface area (Å²) in [4.78, 5) is 1.98. The fourth-order valence-corrected chi connectivity index (χ4v) is 2.86. The molecule has 0 amide bonds. The molecule has 0 spiro atoms. The zero-order chi connectivity index (χ0) is 14.7. The van der Waals surface area contributed by atoms with Crippen molar-refractivity contribution in [3.8, 4) is 17.1 Å². The van der Waals surface area contributed by atoms with Crippen molar-refractivity contribution in [1.82, 2.24) is 20.6 Å². The second-order valence-corrected chi connectivity index (χ2v) is 5.34. The molecule has 0 unspecified atom stereocenters. The highest BCUT2D eigenvalue weighted by Crippen LogP contribution is 2.38. The maximum atomic E-state index is 6.06. The zero-order valence-electron chi connectivity index (χ0n) is 11.3. The molecule has 3 aromatic rings. The van der Waals surface area contributed by atoms with Crippen molar-refractivity contribution in [2.45, 2.75) is 9.79 Å². The maximum absolute atomic E-state index is 6.06. The van der Waals surface area contributed by atoms with Gasteiger partial charge in [-0.2, -0.15) is 0 Å². The van der Waals surface area contributed by atoms with E-state index in [4.69, 9.17) is 10.5 Å². The number of ether oxygens (including phenoxy) is 1. The molecule has 21 heavy (non-hydrogen) atoms. The Kier molecular flexibility index (Phi) is 3.74. The topological polar surface area (TPSA) is 89.7 Å². The third-order valence-corrected chi connectivity index (χ3v) is 4.09. The molecule has 106 valence electrons. The summed E-state index contributed by atoms with van der Waals surface area (Å²) in [6.45, 7) is 0. The normalized spacial score (nSPS) is 10.5. The van der Waals surface area contributed by atoms with Crippen molar-refractivity contribution in [2.24, 2.45) is 0 Å². The molecule has 3 N–H and O–H groups in total. The second kappa shape index (κ2) is 5.84. The number of anilines is 1. The van der Waals surface area contributed by atoms with Crippen LogP contribution in [0, 0.1) is 0 Å². The van der Waals surface area contributed by atoms with E-state index in [2.05, 4.69) is 20.6 Å². The van der Waals surface area contributed by atoms with Crippen molar-refractivity contribution < 1.29 is 4.74 Å². The molecule has 3 rings (SSSR count). The summed E-state index contributed by atoms with van der Waals surface area (Å²) in [5, 5.41) is 14.0. The average molecular weight is 299 g/mol. The predicted molar refractivity (Wildman–Crippen MR) is 81.1 cm³/mol. The van der Waals surface area contributed by atoms with Crippen molar-refractivity contribution in [3.63, 3.8) is 0 Å². The molecule has 0 saturated carbocycles. The summed E-state index contributed by atoms with van der Waals surface area (Å²) >= 11 is 1.56. The number of rotatable bonds is 4. The van der Waals surface area contributed by atoms with E-state index in [9.17, 15) is 0 Å². The monoisotopic (exact) mass is 299 g/mol. The molecule has 1 aromatic heterocycles. The summed E-state index contributed by atoms with van der Waals surface area (Å²) in [5.74, 6) is 1.37. The van der Waals surface area contributed by atoms with E-state index in [-0.39, 0.29) is 0 Å². The minimum absolute atomic E-state index is 0.630. The van der Waals surface area contributed by atoms with Crippen LogP contribution >= 0.6 is 11.8 Å². The highest BCUT2D eigenvalue weighted by atomic mass is 32.2. The minimum Gasteiger partial charge on any atom is -0.497 e. The van der Waals surface area contributed by atoms with Crippen LogP contribution in [0.1, 0.15) is 0 Å². The number of nitrogen functional groups attached to an aromatic ring is 1. The summed E-state index contributed by atoms with van der Waals surface area (Å²) < 4.78 is 5.16. The van der Waals surface area contributed by atoms with Gasteiger partial charge in [0.25, 0.3) is 0 Å². The van der Waals surface area contributed by atoms with Gasteiger partial charge in [-0.15, -0.1) is 5.10 Å². The molecule has 0 aliphatic rings. The standard InChI is InChI=1S/C14H13N5OS/c1-20-9-6-7-13(11(15)8-9)21-12-5-3-2-4-10(12)14-16-18-19-17-14/h2-8H,15H2,1H3,(H,16,17,18,19).